The van der Waals surface area contributed by atoms with Gasteiger partial charge < -0.3 is 5.73 Å². The van der Waals surface area contributed by atoms with E-state index in [-0.39, 0.29) is 0 Å². The molecular weight excluding hydrogens is 164 g/mol. The largest absolute Gasteiger partial charge is 0.330 e. The quantitative estimate of drug-likeness (QED) is 0.737. The summed E-state index contributed by atoms with van der Waals surface area (Å²) in [6, 6.07) is 0.512. The molecule has 0 aromatic carbocycles. The average Bonchev–Trinajstić information content (AvgIpc) is 2.71. The summed E-state index contributed by atoms with van der Waals surface area (Å²) in [6.07, 6.45) is 8.29. The van der Waals surface area contributed by atoms with E-state index in [4.69, 9.17) is 5.73 Å². The molecule has 1 aromatic heterocycles. The Bertz CT molecular complexity index is 236. The molecule has 1 aliphatic carbocycles. The van der Waals surface area contributed by atoms with Crippen molar-refractivity contribution in [1.29, 1.82) is 0 Å². The fourth-order valence-electron chi connectivity index (χ4n) is 2.03. The van der Waals surface area contributed by atoms with Gasteiger partial charge >= 0.3 is 0 Å². The van der Waals surface area contributed by atoms with Gasteiger partial charge in [0.2, 0.25) is 0 Å². The van der Waals surface area contributed by atoms with E-state index in [1.165, 1.54) is 25.7 Å². The lowest BCUT2D eigenvalue weighted by Gasteiger charge is -2.26. The second-order valence-corrected chi connectivity index (χ2v) is 3.76. The van der Waals surface area contributed by atoms with E-state index < -0.39 is 0 Å². The molecule has 1 aromatic rings. The van der Waals surface area contributed by atoms with Gasteiger partial charge in [-0.15, -0.1) is 0 Å². The first-order valence-electron chi connectivity index (χ1n) is 4.96. The standard InChI is InChI=1S/C9H16N4/c10-7-8-1-3-9(4-2-8)13-11-5-6-12-13/h5-6,8-9H,1-4,7,10H2. The van der Waals surface area contributed by atoms with Crippen LogP contribution in [0.2, 0.25) is 0 Å². The number of hydrogen-bond acceptors (Lipinski definition) is 3. The van der Waals surface area contributed by atoms with Crippen LogP contribution >= 0.6 is 0 Å². The Morgan fingerprint density at radius 2 is 1.77 bits per heavy atom. The monoisotopic (exact) mass is 180 g/mol. The zero-order valence-corrected chi connectivity index (χ0v) is 7.76. The number of nitrogens with two attached hydrogens (primary N) is 1. The van der Waals surface area contributed by atoms with Crippen molar-refractivity contribution in [2.24, 2.45) is 11.7 Å². The fraction of sp³-hybridized carbons (Fsp3) is 0.778. The van der Waals surface area contributed by atoms with Crippen molar-refractivity contribution in [1.82, 2.24) is 15.0 Å². The van der Waals surface area contributed by atoms with Gasteiger partial charge in [-0.2, -0.15) is 15.0 Å². The molecule has 0 spiro atoms. The molecule has 0 unspecified atom stereocenters. The van der Waals surface area contributed by atoms with Gasteiger partial charge in [-0.05, 0) is 38.1 Å². The highest BCUT2D eigenvalue weighted by atomic mass is 15.5. The first kappa shape index (κ1) is 8.69. The minimum atomic E-state index is 0.512. The summed E-state index contributed by atoms with van der Waals surface area (Å²) in [6.45, 7) is 0.833. The molecule has 0 saturated heterocycles. The van der Waals surface area contributed by atoms with Crippen LogP contribution < -0.4 is 5.73 Å². The Balaban J connectivity index is 1.92. The highest BCUT2D eigenvalue weighted by Crippen LogP contribution is 2.30. The van der Waals surface area contributed by atoms with Crippen LogP contribution in [-0.4, -0.2) is 21.5 Å². The van der Waals surface area contributed by atoms with Crippen LogP contribution in [0.4, 0.5) is 0 Å². The molecule has 1 fully saturated rings. The van der Waals surface area contributed by atoms with Crippen LogP contribution in [0.5, 0.6) is 0 Å². The Hall–Kier alpha value is -0.900. The topological polar surface area (TPSA) is 56.7 Å². The molecule has 13 heavy (non-hydrogen) atoms. The summed E-state index contributed by atoms with van der Waals surface area (Å²) < 4.78 is 0. The van der Waals surface area contributed by atoms with E-state index in [9.17, 15) is 0 Å². The van der Waals surface area contributed by atoms with Gasteiger partial charge in [0.15, 0.2) is 0 Å². The van der Waals surface area contributed by atoms with Gasteiger partial charge in [0, 0.05) is 0 Å². The molecule has 4 nitrogen and oxygen atoms in total. The molecule has 1 saturated carbocycles. The van der Waals surface area contributed by atoms with E-state index in [0.29, 0.717) is 6.04 Å². The summed E-state index contributed by atoms with van der Waals surface area (Å²) in [5, 5.41) is 8.33. The molecule has 0 amide bonds. The van der Waals surface area contributed by atoms with Crippen molar-refractivity contribution in [3.8, 4) is 0 Å². The van der Waals surface area contributed by atoms with E-state index in [1.54, 1.807) is 12.4 Å². The number of rotatable bonds is 2. The highest BCUT2D eigenvalue weighted by molar-refractivity contribution is 4.76. The third kappa shape index (κ3) is 1.88. The van der Waals surface area contributed by atoms with Crippen molar-refractivity contribution >= 4 is 0 Å². The van der Waals surface area contributed by atoms with Crippen LogP contribution in [0, 0.1) is 5.92 Å². The summed E-state index contributed by atoms with van der Waals surface area (Å²) in [4.78, 5) is 1.84. The van der Waals surface area contributed by atoms with Crippen molar-refractivity contribution in [2.75, 3.05) is 6.54 Å². The maximum Gasteiger partial charge on any atom is 0.0716 e. The predicted molar refractivity (Wildman–Crippen MR) is 50.1 cm³/mol. The first-order valence-corrected chi connectivity index (χ1v) is 4.96. The summed E-state index contributed by atoms with van der Waals surface area (Å²) in [5.74, 6) is 0.729. The van der Waals surface area contributed by atoms with Gasteiger partial charge in [0.25, 0.3) is 0 Å². The van der Waals surface area contributed by atoms with Crippen molar-refractivity contribution < 1.29 is 0 Å². The lowest BCUT2D eigenvalue weighted by Crippen LogP contribution is -2.24. The Morgan fingerprint density at radius 3 is 2.31 bits per heavy atom. The minimum Gasteiger partial charge on any atom is -0.330 e. The SMILES string of the molecule is NCC1CCC(n2nccn2)CC1. The van der Waals surface area contributed by atoms with Gasteiger partial charge in [-0.25, -0.2) is 0 Å². The highest BCUT2D eigenvalue weighted by Gasteiger charge is 2.21. The molecule has 2 N–H and O–H groups in total. The zero-order valence-electron chi connectivity index (χ0n) is 7.76. The average molecular weight is 180 g/mol. The van der Waals surface area contributed by atoms with Crippen molar-refractivity contribution in [3.05, 3.63) is 12.4 Å². The van der Waals surface area contributed by atoms with Crippen LogP contribution in [-0.2, 0) is 0 Å². The molecular formula is C9H16N4. The van der Waals surface area contributed by atoms with Crippen LogP contribution in [0.15, 0.2) is 12.4 Å². The molecule has 1 aliphatic rings. The second-order valence-electron chi connectivity index (χ2n) is 3.76. The van der Waals surface area contributed by atoms with Gasteiger partial charge in [-0.3, -0.25) is 0 Å². The normalized spacial score (nSPS) is 29.0. The van der Waals surface area contributed by atoms with E-state index in [0.717, 1.165) is 12.5 Å². The van der Waals surface area contributed by atoms with Crippen molar-refractivity contribution in [2.45, 2.75) is 31.7 Å². The Kier molecular flexibility index (Phi) is 2.59. The molecule has 0 atom stereocenters. The van der Waals surface area contributed by atoms with Crippen molar-refractivity contribution in [3.63, 3.8) is 0 Å². The second kappa shape index (κ2) is 3.87. The van der Waals surface area contributed by atoms with Gasteiger partial charge in [0.1, 0.15) is 0 Å². The van der Waals surface area contributed by atoms with Crippen LogP contribution in [0.25, 0.3) is 0 Å². The van der Waals surface area contributed by atoms with E-state index in [1.807, 2.05) is 4.80 Å². The molecule has 72 valence electrons. The number of hydrogen-bond donors (Lipinski definition) is 1. The minimum absolute atomic E-state index is 0.512. The smallest absolute Gasteiger partial charge is 0.0716 e. The fourth-order valence-corrected chi connectivity index (χ4v) is 2.03. The lowest BCUT2D eigenvalue weighted by molar-refractivity contribution is 0.247. The summed E-state index contributed by atoms with van der Waals surface area (Å²) in [5.41, 5.74) is 5.63. The Morgan fingerprint density at radius 1 is 1.15 bits per heavy atom. The molecule has 0 aliphatic heterocycles. The number of aromatic nitrogens is 3. The number of nitrogens with zero attached hydrogens (tertiary/aromatic N) is 3. The van der Waals surface area contributed by atoms with E-state index >= 15 is 0 Å². The molecule has 0 bridgehead atoms. The summed E-state index contributed by atoms with van der Waals surface area (Å²) in [7, 11) is 0. The van der Waals surface area contributed by atoms with Gasteiger partial charge in [-0.1, -0.05) is 0 Å². The lowest BCUT2D eigenvalue weighted by atomic mass is 9.86. The molecule has 4 heteroatoms. The van der Waals surface area contributed by atoms with Crippen LogP contribution in [0.1, 0.15) is 31.7 Å². The third-order valence-electron chi connectivity index (χ3n) is 2.91. The third-order valence-corrected chi connectivity index (χ3v) is 2.91. The molecule has 0 radical (unpaired) electrons. The molecule has 2 rings (SSSR count). The zero-order chi connectivity index (χ0) is 9.10. The maximum absolute atomic E-state index is 5.63. The van der Waals surface area contributed by atoms with Gasteiger partial charge in [0.05, 0.1) is 18.4 Å². The van der Waals surface area contributed by atoms with Crippen LogP contribution in [0.3, 0.4) is 0 Å². The molecule has 1 heterocycles. The Labute approximate surface area is 78.1 Å². The predicted octanol–water partition coefficient (Wildman–Crippen LogP) is 0.968. The summed E-state index contributed by atoms with van der Waals surface area (Å²) >= 11 is 0. The maximum atomic E-state index is 5.63. The van der Waals surface area contributed by atoms with E-state index in [2.05, 4.69) is 10.2 Å². The first-order chi connectivity index (χ1) is 6.40.